The number of nitrogens with zero attached hydrogens (tertiary/aromatic N) is 1. The van der Waals surface area contributed by atoms with Crippen molar-refractivity contribution in [1.82, 2.24) is 4.90 Å². The molecule has 0 radical (unpaired) electrons. The molecular weight excluding hydrogens is 254 g/mol. The summed E-state index contributed by atoms with van der Waals surface area (Å²) in [5.74, 6) is 0.307. The van der Waals surface area contributed by atoms with Gasteiger partial charge in [-0.3, -0.25) is 4.90 Å². The van der Waals surface area contributed by atoms with Crippen molar-refractivity contribution in [3.63, 3.8) is 0 Å². The lowest BCUT2D eigenvalue weighted by atomic mass is 9.88. The van der Waals surface area contributed by atoms with Gasteiger partial charge >= 0.3 is 6.09 Å². The lowest BCUT2D eigenvalue weighted by Gasteiger charge is -2.37. The van der Waals surface area contributed by atoms with Gasteiger partial charge in [0.2, 0.25) is 0 Å². The molecule has 0 bridgehead atoms. The third-order valence-electron chi connectivity index (χ3n) is 3.82. The van der Waals surface area contributed by atoms with Gasteiger partial charge in [0, 0.05) is 6.54 Å². The molecule has 1 amide bonds. The van der Waals surface area contributed by atoms with E-state index >= 15 is 0 Å². The summed E-state index contributed by atoms with van der Waals surface area (Å²) in [6.07, 6.45) is 1.32. The summed E-state index contributed by atoms with van der Waals surface area (Å²) < 4.78 is 5.34. The van der Waals surface area contributed by atoms with Gasteiger partial charge in [-0.05, 0) is 24.3 Å². The molecular formula is C16H23NO3. The van der Waals surface area contributed by atoms with Crippen molar-refractivity contribution in [2.75, 3.05) is 19.8 Å². The summed E-state index contributed by atoms with van der Waals surface area (Å²) in [5, 5.41) is 9.92. The van der Waals surface area contributed by atoms with Crippen molar-refractivity contribution in [3.8, 4) is 0 Å². The van der Waals surface area contributed by atoms with Crippen LogP contribution in [0.15, 0.2) is 30.3 Å². The molecule has 0 spiro atoms. The zero-order valence-electron chi connectivity index (χ0n) is 12.2. The fourth-order valence-corrected chi connectivity index (χ4v) is 2.76. The molecule has 110 valence electrons. The first-order valence-electron chi connectivity index (χ1n) is 7.21. The Hall–Kier alpha value is -1.55. The van der Waals surface area contributed by atoms with Crippen molar-refractivity contribution >= 4 is 6.09 Å². The molecule has 1 aromatic carbocycles. The molecule has 0 saturated carbocycles. The molecule has 20 heavy (non-hydrogen) atoms. The van der Waals surface area contributed by atoms with E-state index in [1.807, 2.05) is 44.2 Å². The predicted molar refractivity (Wildman–Crippen MR) is 77.3 cm³/mol. The van der Waals surface area contributed by atoms with E-state index in [0.29, 0.717) is 19.1 Å². The minimum absolute atomic E-state index is 0.0756. The summed E-state index contributed by atoms with van der Waals surface area (Å²) >= 11 is 0. The van der Waals surface area contributed by atoms with Crippen LogP contribution in [0.2, 0.25) is 0 Å². The minimum atomic E-state index is -0.630. The topological polar surface area (TPSA) is 49.8 Å². The van der Waals surface area contributed by atoms with Crippen LogP contribution in [0.1, 0.15) is 32.3 Å². The number of amides is 1. The van der Waals surface area contributed by atoms with Gasteiger partial charge in [-0.15, -0.1) is 0 Å². The number of ether oxygens (including phenoxy) is 1. The van der Waals surface area contributed by atoms with Crippen molar-refractivity contribution in [2.45, 2.75) is 32.2 Å². The van der Waals surface area contributed by atoms with E-state index in [4.69, 9.17) is 4.74 Å². The molecule has 1 saturated heterocycles. The van der Waals surface area contributed by atoms with Gasteiger partial charge in [0.1, 0.15) is 0 Å². The van der Waals surface area contributed by atoms with Gasteiger partial charge in [-0.25, -0.2) is 4.79 Å². The molecule has 2 rings (SSSR count). The van der Waals surface area contributed by atoms with Gasteiger partial charge in [0.05, 0.1) is 18.8 Å². The zero-order chi connectivity index (χ0) is 14.6. The van der Waals surface area contributed by atoms with E-state index in [1.54, 1.807) is 4.90 Å². The summed E-state index contributed by atoms with van der Waals surface area (Å²) in [4.78, 5) is 14.0. The fraction of sp³-hybridized carbons (Fsp3) is 0.562. The molecule has 1 atom stereocenters. The smallest absolute Gasteiger partial charge is 0.410 e. The Morgan fingerprint density at radius 1 is 1.40 bits per heavy atom. The average Bonchev–Trinajstić information content (AvgIpc) is 2.91. The molecule has 1 fully saturated rings. The zero-order valence-corrected chi connectivity index (χ0v) is 12.2. The Kier molecular flexibility index (Phi) is 4.65. The van der Waals surface area contributed by atoms with Crippen molar-refractivity contribution < 1.29 is 14.6 Å². The van der Waals surface area contributed by atoms with Crippen LogP contribution in [-0.2, 0) is 10.3 Å². The van der Waals surface area contributed by atoms with E-state index < -0.39 is 5.54 Å². The van der Waals surface area contributed by atoms with E-state index in [2.05, 4.69) is 0 Å². The van der Waals surface area contributed by atoms with Crippen LogP contribution in [0.25, 0.3) is 0 Å². The van der Waals surface area contributed by atoms with Gasteiger partial charge in [-0.2, -0.15) is 0 Å². The van der Waals surface area contributed by atoms with E-state index in [1.165, 1.54) is 0 Å². The second-order valence-corrected chi connectivity index (χ2v) is 5.78. The summed E-state index contributed by atoms with van der Waals surface area (Å²) in [6.45, 7) is 4.98. The molecule has 1 aromatic rings. The summed E-state index contributed by atoms with van der Waals surface area (Å²) in [7, 11) is 0. The molecule has 0 aromatic heterocycles. The maximum atomic E-state index is 12.3. The molecule has 1 aliphatic heterocycles. The summed E-state index contributed by atoms with van der Waals surface area (Å²) in [5.41, 5.74) is 0.344. The number of carbonyl (C=O) groups is 1. The Morgan fingerprint density at radius 3 is 2.70 bits per heavy atom. The Balaban J connectivity index is 2.21. The van der Waals surface area contributed by atoms with E-state index in [-0.39, 0.29) is 12.7 Å². The maximum Gasteiger partial charge on any atom is 0.410 e. The molecule has 4 nitrogen and oxygen atoms in total. The molecule has 0 unspecified atom stereocenters. The lowest BCUT2D eigenvalue weighted by Crippen LogP contribution is -2.48. The first-order chi connectivity index (χ1) is 9.60. The van der Waals surface area contributed by atoms with Crippen molar-refractivity contribution in [1.29, 1.82) is 0 Å². The van der Waals surface area contributed by atoms with Gasteiger partial charge in [-0.1, -0.05) is 44.2 Å². The van der Waals surface area contributed by atoms with E-state index in [9.17, 15) is 9.90 Å². The second-order valence-electron chi connectivity index (χ2n) is 5.78. The number of benzene rings is 1. The quantitative estimate of drug-likeness (QED) is 0.920. The highest BCUT2D eigenvalue weighted by Gasteiger charge is 2.45. The third-order valence-corrected chi connectivity index (χ3v) is 3.82. The normalized spacial score (nSPS) is 22.3. The molecule has 1 heterocycles. The number of aliphatic hydroxyl groups is 1. The van der Waals surface area contributed by atoms with Crippen LogP contribution in [0.3, 0.4) is 0 Å². The highest BCUT2D eigenvalue weighted by Crippen LogP contribution is 2.38. The standard InChI is InChI=1S/C16H23NO3/c1-13(2)11-20-15(19)17-10-6-9-16(17,12-18)14-7-4-3-5-8-14/h3-5,7-8,13,18H,6,9-12H2,1-2H3/t16-/m0/s1. The van der Waals surface area contributed by atoms with Crippen molar-refractivity contribution in [3.05, 3.63) is 35.9 Å². The van der Waals surface area contributed by atoms with Crippen LogP contribution < -0.4 is 0 Å². The van der Waals surface area contributed by atoms with E-state index in [0.717, 1.165) is 18.4 Å². The average molecular weight is 277 g/mol. The first-order valence-corrected chi connectivity index (χ1v) is 7.21. The predicted octanol–water partition coefficient (Wildman–Crippen LogP) is 2.76. The van der Waals surface area contributed by atoms with Gasteiger partial charge < -0.3 is 9.84 Å². The molecule has 0 aliphatic carbocycles. The fourth-order valence-electron chi connectivity index (χ4n) is 2.76. The van der Waals surface area contributed by atoms with Crippen LogP contribution in [0.4, 0.5) is 4.79 Å². The largest absolute Gasteiger partial charge is 0.449 e. The van der Waals surface area contributed by atoms with Gasteiger partial charge in [0.15, 0.2) is 0 Å². The number of likely N-dealkylation sites (tertiary alicyclic amines) is 1. The number of rotatable bonds is 4. The monoisotopic (exact) mass is 277 g/mol. The minimum Gasteiger partial charge on any atom is -0.449 e. The Bertz CT molecular complexity index is 446. The van der Waals surface area contributed by atoms with Crippen LogP contribution in [-0.4, -0.2) is 35.9 Å². The lowest BCUT2D eigenvalue weighted by molar-refractivity contribution is 0.0340. The summed E-state index contributed by atoms with van der Waals surface area (Å²) in [6, 6.07) is 9.73. The molecule has 1 N–H and O–H groups in total. The Morgan fingerprint density at radius 2 is 2.10 bits per heavy atom. The number of hydrogen-bond acceptors (Lipinski definition) is 3. The van der Waals surface area contributed by atoms with Gasteiger partial charge in [0.25, 0.3) is 0 Å². The van der Waals surface area contributed by atoms with Crippen LogP contribution in [0, 0.1) is 5.92 Å². The van der Waals surface area contributed by atoms with Crippen molar-refractivity contribution in [2.24, 2.45) is 5.92 Å². The number of hydrogen-bond donors (Lipinski definition) is 1. The third kappa shape index (κ3) is 2.80. The highest BCUT2D eigenvalue weighted by molar-refractivity contribution is 5.69. The molecule has 1 aliphatic rings. The number of aliphatic hydroxyl groups excluding tert-OH is 1. The maximum absolute atomic E-state index is 12.3. The second kappa shape index (κ2) is 6.27. The SMILES string of the molecule is CC(C)COC(=O)N1CCC[C@]1(CO)c1ccccc1. The van der Waals surface area contributed by atoms with Crippen LogP contribution >= 0.6 is 0 Å². The van der Waals surface area contributed by atoms with Crippen LogP contribution in [0.5, 0.6) is 0 Å². The first kappa shape index (κ1) is 14.9. The number of carbonyl (C=O) groups excluding carboxylic acids is 1. The Labute approximate surface area is 120 Å². The molecule has 4 heteroatoms. The highest BCUT2D eigenvalue weighted by atomic mass is 16.6.